The third-order valence-corrected chi connectivity index (χ3v) is 4.75. The molecular formula is C19H22N2O5S. The Morgan fingerprint density at radius 2 is 1.81 bits per heavy atom. The Labute approximate surface area is 158 Å². The number of carbonyl (C=O) groups is 1. The van der Waals surface area contributed by atoms with Crippen LogP contribution in [0.2, 0.25) is 0 Å². The number of primary sulfonamides is 1. The second kappa shape index (κ2) is 9.20. The number of hydrogen-bond acceptors (Lipinski definition) is 5. The summed E-state index contributed by atoms with van der Waals surface area (Å²) in [5, 5.41) is 7.83. The van der Waals surface area contributed by atoms with Crippen molar-refractivity contribution in [2.75, 3.05) is 20.8 Å². The molecule has 3 N–H and O–H groups in total. The van der Waals surface area contributed by atoms with E-state index in [1.807, 2.05) is 0 Å². The lowest BCUT2D eigenvalue weighted by Crippen LogP contribution is -2.23. The van der Waals surface area contributed by atoms with Crippen LogP contribution in [0.1, 0.15) is 11.1 Å². The fraction of sp³-hybridized carbons (Fsp3) is 0.211. The highest BCUT2D eigenvalue weighted by Gasteiger charge is 2.07. The highest BCUT2D eigenvalue weighted by Crippen LogP contribution is 2.24. The van der Waals surface area contributed by atoms with Gasteiger partial charge in [-0.3, -0.25) is 4.79 Å². The maximum atomic E-state index is 12.0. The lowest BCUT2D eigenvalue weighted by Gasteiger charge is -2.07. The first-order valence-corrected chi connectivity index (χ1v) is 9.68. The molecule has 0 aliphatic rings. The molecule has 8 heteroatoms. The van der Waals surface area contributed by atoms with Gasteiger partial charge in [-0.2, -0.15) is 0 Å². The standard InChI is InChI=1S/C19H22N2O5S/c1-25-16-6-9-18(26-2)15(13-16)5-10-19(22)21-12-11-14-3-7-17(8-4-14)27(20,23)24/h3-10,13H,11-12H2,1-2H3,(H,21,22)(H2,20,23,24)/b10-5+. The van der Waals surface area contributed by atoms with Crippen molar-refractivity contribution in [3.63, 3.8) is 0 Å². The minimum atomic E-state index is -3.70. The minimum absolute atomic E-state index is 0.0606. The van der Waals surface area contributed by atoms with Gasteiger partial charge >= 0.3 is 0 Å². The Hall–Kier alpha value is -2.84. The van der Waals surface area contributed by atoms with Crippen molar-refractivity contribution in [1.29, 1.82) is 0 Å². The topological polar surface area (TPSA) is 108 Å². The molecule has 0 atom stereocenters. The van der Waals surface area contributed by atoms with Gasteiger partial charge in [0.2, 0.25) is 15.9 Å². The number of amides is 1. The van der Waals surface area contributed by atoms with Crippen molar-refractivity contribution in [3.8, 4) is 11.5 Å². The summed E-state index contributed by atoms with van der Waals surface area (Å²) in [5.41, 5.74) is 1.62. The van der Waals surface area contributed by atoms with Crippen molar-refractivity contribution >= 4 is 22.0 Å². The largest absolute Gasteiger partial charge is 0.497 e. The van der Waals surface area contributed by atoms with Crippen LogP contribution in [0.15, 0.2) is 53.4 Å². The number of rotatable bonds is 8. The predicted octanol–water partition coefficient (Wildman–Crippen LogP) is 1.72. The van der Waals surface area contributed by atoms with E-state index in [-0.39, 0.29) is 10.8 Å². The molecule has 0 unspecified atom stereocenters. The SMILES string of the molecule is COc1ccc(OC)c(/C=C/C(=O)NCCc2ccc(S(N)(=O)=O)cc2)c1. The number of ether oxygens (including phenoxy) is 2. The second-order valence-electron chi connectivity index (χ2n) is 5.67. The molecule has 7 nitrogen and oxygen atoms in total. The van der Waals surface area contributed by atoms with E-state index in [0.717, 1.165) is 11.1 Å². The summed E-state index contributed by atoms with van der Waals surface area (Å²) in [4.78, 5) is 12.0. The van der Waals surface area contributed by atoms with Crippen LogP contribution in [0, 0.1) is 0 Å². The first-order valence-electron chi connectivity index (χ1n) is 8.13. The van der Waals surface area contributed by atoms with E-state index >= 15 is 0 Å². The van der Waals surface area contributed by atoms with Crippen LogP contribution in [-0.4, -0.2) is 35.1 Å². The highest BCUT2D eigenvalue weighted by atomic mass is 32.2. The molecule has 1 amide bonds. The molecule has 2 aromatic rings. The summed E-state index contributed by atoms with van der Waals surface area (Å²) in [6.45, 7) is 0.410. The fourth-order valence-corrected chi connectivity index (χ4v) is 2.89. The number of carbonyl (C=O) groups excluding carboxylic acids is 1. The van der Waals surface area contributed by atoms with E-state index in [1.165, 1.54) is 18.2 Å². The Balaban J connectivity index is 1.90. The fourth-order valence-electron chi connectivity index (χ4n) is 2.37. The first kappa shape index (κ1) is 20.5. The van der Waals surface area contributed by atoms with Gasteiger partial charge in [0, 0.05) is 18.2 Å². The van der Waals surface area contributed by atoms with Gasteiger partial charge < -0.3 is 14.8 Å². The van der Waals surface area contributed by atoms with Crippen LogP contribution in [0.25, 0.3) is 6.08 Å². The molecule has 0 bridgehead atoms. The van der Waals surface area contributed by atoms with E-state index < -0.39 is 10.0 Å². The number of hydrogen-bond donors (Lipinski definition) is 2. The minimum Gasteiger partial charge on any atom is -0.497 e. The zero-order valence-corrected chi connectivity index (χ0v) is 16.0. The molecule has 0 saturated heterocycles. The Bertz CT molecular complexity index is 922. The average molecular weight is 390 g/mol. The second-order valence-corrected chi connectivity index (χ2v) is 7.23. The predicted molar refractivity (Wildman–Crippen MR) is 103 cm³/mol. The number of sulfonamides is 1. The molecule has 144 valence electrons. The van der Waals surface area contributed by atoms with E-state index in [9.17, 15) is 13.2 Å². The summed E-state index contributed by atoms with van der Waals surface area (Å²) < 4.78 is 32.9. The summed E-state index contributed by atoms with van der Waals surface area (Å²) >= 11 is 0. The number of nitrogens with two attached hydrogens (primary N) is 1. The third kappa shape index (κ3) is 6.12. The number of methoxy groups -OCH3 is 2. The summed E-state index contributed by atoms with van der Waals surface area (Å²) in [6, 6.07) is 11.5. The van der Waals surface area contributed by atoms with Gasteiger partial charge in [0.1, 0.15) is 11.5 Å². The van der Waals surface area contributed by atoms with E-state index in [4.69, 9.17) is 14.6 Å². The van der Waals surface area contributed by atoms with Crippen LogP contribution >= 0.6 is 0 Å². The van der Waals surface area contributed by atoms with Gasteiger partial charge in [0.15, 0.2) is 0 Å². The van der Waals surface area contributed by atoms with Crippen molar-refractivity contribution in [1.82, 2.24) is 5.32 Å². The molecule has 2 rings (SSSR count). The van der Waals surface area contributed by atoms with Gasteiger partial charge in [-0.05, 0) is 48.4 Å². The molecule has 27 heavy (non-hydrogen) atoms. The molecule has 0 aliphatic heterocycles. The van der Waals surface area contributed by atoms with Gasteiger partial charge in [0.25, 0.3) is 0 Å². The maximum Gasteiger partial charge on any atom is 0.244 e. The highest BCUT2D eigenvalue weighted by molar-refractivity contribution is 7.89. The molecule has 0 spiro atoms. The van der Waals surface area contributed by atoms with Crippen LogP contribution in [0.5, 0.6) is 11.5 Å². The summed E-state index contributed by atoms with van der Waals surface area (Å²) in [5.74, 6) is 1.05. The van der Waals surface area contributed by atoms with Crippen LogP contribution in [0.4, 0.5) is 0 Å². The van der Waals surface area contributed by atoms with Crippen molar-refractivity contribution in [2.45, 2.75) is 11.3 Å². The monoisotopic (exact) mass is 390 g/mol. The molecule has 0 fully saturated rings. The smallest absolute Gasteiger partial charge is 0.244 e. The number of benzene rings is 2. The maximum absolute atomic E-state index is 12.0. The van der Waals surface area contributed by atoms with E-state index in [2.05, 4.69) is 5.32 Å². The molecule has 0 heterocycles. The van der Waals surface area contributed by atoms with Crippen LogP contribution in [-0.2, 0) is 21.2 Å². The lowest BCUT2D eigenvalue weighted by molar-refractivity contribution is -0.116. The van der Waals surface area contributed by atoms with E-state index in [0.29, 0.717) is 24.5 Å². The molecule has 2 aromatic carbocycles. The zero-order chi connectivity index (χ0) is 19.9. The van der Waals surface area contributed by atoms with Crippen molar-refractivity contribution in [3.05, 3.63) is 59.7 Å². The Morgan fingerprint density at radius 1 is 1.11 bits per heavy atom. The van der Waals surface area contributed by atoms with Crippen molar-refractivity contribution < 1.29 is 22.7 Å². The van der Waals surface area contributed by atoms with Crippen LogP contribution in [0.3, 0.4) is 0 Å². The molecule has 0 aromatic heterocycles. The summed E-state index contributed by atoms with van der Waals surface area (Å²) in [7, 11) is -0.573. The van der Waals surface area contributed by atoms with Gasteiger partial charge in [-0.25, -0.2) is 13.6 Å². The Kier molecular flexibility index (Phi) is 6.98. The van der Waals surface area contributed by atoms with Crippen LogP contribution < -0.4 is 19.9 Å². The molecule has 0 aliphatic carbocycles. The van der Waals surface area contributed by atoms with Gasteiger partial charge in [0.05, 0.1) is 19.1 Å². The molecule has 0 radical (unpaired) electrons. The number of nitrogens with one attached hydrogen (secondary N) is 1. The Morgan fingerprint density at radius 3 is 2.41 bits per heavy atom. The normalized spacial score (nSPS) is 11.4. The molecular weight excluding hydrogens is 368 g/mol. The average Bonchev–Trinajstić information content (AvgIpc) is 2.65. The molecule has 0 saturated carbocycles. The lowest BCUT2D eigenvalue weighted by atomic mass is 10.1. The van der Waals surface area contributed by atoms with Gasteiger partial charge in [-0.1, -0.05) is 12.1 Å². The van der Waals surface area contributed by atoms with Crippen molar-refractivity contribution in [2.24, 2.45) is 5.14 Å². The zero-order valence-electron chi connectivity index (χ0n) is 15.1. The third-order valence-electron chi connectivity index (χ3n) is 3.82. The van der Waals surface area contributed by atoms with Gasteiger partial charge in [-0.15, -0.1) is 0 Å². The quantitative estimate of drug-likeness (QED) is 0.668. The summed E-state index contributed by atoms with van der Waals surface area (Å²) in [6.07, 6.45) is 3.63. The first-order chi connectivity index (χ1) is 12.8. The van der Waals surface area contributed by atoms with E-state index in [1.54, 1.807) is 50.6 Å².